The van der Waals surface area contributed by atoms with E-state index in [4.69, 9.17) is 0 Å². The maximum Gasteiger partial charge on any atom is 0.0468 e. The lowest BCUT2D eigenvalue weighted by atomic mass is 9.74. The lowest BCUT2D eigenvalue weighted by Crippen LogP contribution is -2.23. The smallest absolute Gasteiger partial charge is 0.0468 e. The minimum absolute atomic E-state index is 0.0643. The summed E-state index contributed by atoms with van der Waals surface area (Å²) in [6.07, 6.45) is 2.18. The highest BCUT2D eigenvalue weighted by molar-refractivity contribution is 5.87. The zero-order chi connectivity index (χ0) is 35.7. The molecule has 1 aliphatic rings. The van der Waals surface area contributed by atoms with Gasteiger partial charge in [0.2, 0.25) is 0 Å². The van der Waals surface area contributed by atoms with Crippen LogP contribution in [0.1, 0.15) is 62.8 Å². The van der Waals surface area contributed by atoms with Crippen molar-refractivity contribution in [3.8, 4) is 11.1 Å². The van der Waals surface area contributed by atoms with Gasteiger partial charge in [0.1, 0.15) is 0 Å². The van der Waals surface area contributed by atoms with Crippen molar-refractivity contribution in [1.29, 1.82) is 0 Å². The molecular formula is C50H46N2. The molecule has 0 bridgehead atoms. The molecule has 0 heterocycles. The number of benzene rings is 7. The summed E-state index contributed by atoms with van der Waals surface area (Å²) in [6.45, 7) is 9.32. The van der Waals surface area contributed by atoms with Gasteiger partial charge in [-0.3, -0.25) is 0 Å². The first-order chi connectivity index (χ1) is 25.4. The molecule has 0 amide bonds. The van der Waals surface area contributed by atoms with Crippen LogP contribution < -0.4 is 9.80 Å². The first-order valence-corrected chi connectivity index (χ1v) is 18.7. The molecule has 0 aliphatic heterocycles. The fourth-order valence-electron chi connectivity index (χ4n) is 8.45. The number of nitrogens with zero attached hydrogens (tertiary/aromatic N) is 2. The number of hydrogen-bond donors (Lipinski definition) is 0. The van der Waals surface area contributed by atoms with E-state index in [1.54, 1.807) is 0 Å². The first kappa shape index (κ1) is 33.3. The van der Waals surface area contributed by atoms with Gasteiger partial charge in [-0.05, 0) is 119 Å². The summed E-state index contributed by atoms with van der Waals surface area (Å²) in [5, 5.41) is 0. The third kappa shape index (κ3) is 5.69. The van der Waals surface area contributed by atoms with Gasteiger partial charge in [0.05, 0.1) is 0 Å². The molecule has 0 atom stereocenters. The van der Waals surface area contributed by atoms with Gasteiger partial charge >= 0.3 is 0 Å². The number of para-hydroxylation sites is 3. The van der Waals surface area contributed by atoms with Crippen LogP contribution in [0.5, 0.6) is 0 Å². The van der Waals surface area contributed by atoms with Crippen molar-refractivity contribution >= 4 is 34.1 Å². The minimum Gasteiger partial charge on any atom is -0.311 e. The van der Waals surface area contributed by atoms with Gasteiger partial charge in [-0.15, -0.1) is 0 Å². The molecule has 2 nitrogen and oxygen atoms in total. The van der Waals surface area contributed by atoms with E-state index in [2.05, 4.69) is 219 Å². The Morgan fingerprint density at radius 3 is 1.21 bits per heavy atom. The quantitative estimate of drug-likeness (QED) is 0.142. The van der Waals surface area contributed by atoms with Crippen LogP contribution in [0.15, 0.2) is 182 Å². The average molecular weight is 675 g/mol. The zero-order valence-electron chi connectivity index (χ0n) is 30.6. The van der Waals surface area contributed by atoms with Crippen LogP contribution >= 0.6 is 0 Å². The van der Waals surface area contributed by atoms with Gasteiger partial charge in [-0.1, -0.05) is 137 Å². The maximum absolute atomic E-state index is 2.42. The normalized spacial score (nSPS) is 12.9. The Kier molecular flexibility index (Phi) is 8.77. The van der Waals surface area contributed by atoms with Gasteiger partial charge < -0.3 is 9.80 Å². The van der Waals surface area contributed by atoms with Crippen LogP contribution in [0.2, 0.25) is 0 Å². The van der Waals surface area contributed by atoms with Crippen molar-refractivity contribution in [2.45, 2.75) is 51.4 Å². The number of hydrogen-bond acceptors (Lipinski definition) is 2. The fraction of sp³-hybridized carbons (Fsp3) is 0.160. The predicted octanol–water partition coefficient (Wildman–Crippen LogP) is 14.0. The minimum atomic E-state index is -0.195. The summed E-state index contributed by atoms with van der Waals surface area (Å²) in [5.74, 6) is 0. The summed E-state index contributed by atoms with van der Waals surface area (Å²) < 4.78 is 0. The van der Waals surface area contributed by atoms with Crippen LogP contribution in [0.25, 0.3) is 11.1 Å². The summed E-state index contributed by atoms with van der Waals surface area (Å²) >= 11 is 0. The van der Waals surface area contributed by atoms with Crippen molar-refractivity contribution in [3.63, 3.8) is 0 Å². The van der Waals surface area contributed by atoms with Crippen molar-refractivity contribution in [3.05, 3.63) is 204 Å². The Bertz CT molecular complexity index is 2230. The fourth-order valence-corrected chi connectivity index (χ4v) is 8.45. The average Bonchev–Trinajstić information content (AvgIpc) is 3.49. The van der Waals surface area contributed by atoms with Gasteiger partial charge in [-0.2, -0.15) is 0 Å². The topological polar surface area (TPSA) is 6.48 Å². The van der Waals surface area contributed by atoms with Crippen LogP contribution in [-0.2, 0) is 10.8 Å². The van der Waals surface area contributed by atoms with E-state index >= 15 is 0 Å². The van der Waals surface area contributed by atoms with Gasteiger partial charge in [0.25, 0.3) is 0 Å². The third-order valence-corrected chi connectivity index (χ3v) is 11.5. The molecule has 0 radical (unpaired) electrons. The summed E-state index contributed by atoms with van der Waals surface area (Å²) in [6, 6.07) is 66.3. The van der Waals surface area contributed by atoms with E-state index in [1.165, 1.54) is 39.1 Å². The van der Waals surface area contributed by atoms with E-state index in [-0.39, 0.29) is 10.8 Å². The van der Waals surface area contributed by atoms with Crippen LogP contribution in [0.3, 0.4) is 0 Å². The Balaban J connectivity index is 1.13. The highest BCUT2D eigenvalue weighted by Gasteiger charge is 2.40. The molecule has 2 heteroatoms. The Morgan fingerprint density at radius 2 is 0.750 bits per heavy atom. The summed E-state index contributed by atoms with van der Waals surface area (Å²) in [5.41, 5.74) is 15.0. The lowest BCUT2D eigenvalue weighted by Gasteiger charge is -2.31. The third-order valence-electron chi connectivity index (χ3n) is 11.5. The number of fused-ring (bicyclic) bond motifs is 3. The summed E-state index contributed by atoms with van der Waals surface area (Å²) in [7, 11) is 0. The number of anilines is 6. The highest BCUT2D eigenvalue weighted by atomic mass is 15.1. The standard InChI is InChI=1S/C50H46N2/c1-5-50(6-2)47-25-17-16-24-45(47)46-36-44(34-35-48(46)50)52(41-22-14-9-15-23-41)43-32-28-38(29-33-43)49(3,4)37-26-30-42(31-27-37)51(39-18-10-7-11-19-39)40-20-12-8-13-21-40/h7-36H,5-6H2,1-4H3. The molecule has 0 N–H and O–H groups in total. The van der Waals surface area contributed by atoms with Gasteiger partial charge in [-0.25, -0.2) is 0 Å². The Morgan fingerprint density at radius 1 is 0.385 bits per heavy atom. The SMILES string of the molecule is CCC1(CC)c2ccccc2-c2cc(N(c3ccccc3)c3ccc(C(C)(C)c4ccc(N(c5ccccc5)c5ccccc5)cc4)cc3)ccc21. The van der Waals surface area contributed by atoms with Crippen molar-refractivity contribution in [1.82, 2.24) is 0 Å². The maximum atomic E-state index is 2.42. The molecule has 0 spiro atoms. The van der Waals surface area contributed by atoms with E-state index in [1.807, 2.05) is 0 Å². The molecule has 7 aromatic carbocycles. The molecule has 1 aliphatic carbocycles. The molecule has 0 fully saturated rings. The number of rotatable bonds is 10. The predicted molar refractivity (Wildman–Crippen MR) is 221 cm³/mol. The molecular weight excluding hydrogens is 629 g/mol. The molecule has 0 saturated heterocycles. The van der Waals surface area contributed by atoms with Crippen molar-refractivity contribution in [2.75, 3.05) is 9.80 Å². The van der Waals surface area contributed by atoms with E-state index in [0.717, 1.165) is 41.3 Å². The molecule has 0 aromatic heterocycles. The monoisotopic (exact) mass is 674 g/mol. The summed E-state index contributed by atoms with van der Waals surface area (Å²) in [4.78, 5) is 4.71. The van der Waals surface area contributed by atoms with E-state index in [0.29, 0.717) is 0 Å². The lowest BCUT2D eigenvalue weighted by molar-refractivity contribution is 0.490. The second-order valence-electron chi connectivity index (χ2n) is 14.5. The Hall–Kier alpha value is -5.86. The molecule has 256 valence electrons. The van der Waals surface area contributed by atoms with Crippen LogP contribution in [0.4, 0.5) is 34.1 Å². The van der Waals surface area contributed by atoms with Crippen molar-refractivity contribution < 1.29 is 0 Å². The largest absolute Gasteiger partial charge is 0.311 e. The Labute approximate surface area is 309 Å². The first-order valence-electron chi connectivity index (χ1n) is 18.7. The van der Waals surface area contributed by atoms with Crippen LogP contribution in [-0.4, -0.2) is 0 Å². The molecule has 0 saturated carbocycles. The van der Waals surface area contributed by atoms with E-state index < -0.39 is 0 Å². The van der Waals surface area contributed by atoms with Gasteiger partial charge in [0.15, 0.2) is 0 Å². The van der Waals surface area contributed by atoms with Crippen LogP contribution in [0, 0.1) is 0 Å². The second-order valence-corrected chi connectivity index (χ2v) is 14.5. The molecule has 7 aromatic rings. The zero-order valence-corrected chi connectivity index (χ0v) is 30.6. The van der Waals surface area contributed by atoms with Crippen molar-refractivity contribution in [2.24, 2.45) is 0 Å². The van der Waals surface area contributed by atoms with E-state index in [9.17, 15) is 0 Å². The molecule has 0 unspecified atom stereocenters. The highest BCUT2D eigenvalue weighted by Crippen LogP contribution is 2.54. The van der Waals surface area contributed by atoms with Gasteiger partial charge in [0, 0.05) is 45.0 Å². The molecule has 8 rings (SSSR count). The molecule has 52 heavy (non-hydrogen) atoms. The second kappa shape index (κ2) is 13.7.